The van der Waals surface area contributed by atoms with Crippen molar-refractivity contribution in [2.45, 2.75) is 44.7 Å². The second-order valence-electron chi connectivity index (χ2n) is 6.93. The fourth-order valence-corrected chi connectivity index (χ4v) is 5.62. The second-order valence-corrected chi connectivity index (χ2v) is 8.53. The largest absolute Gasteiger partial charge is 0.504 e. The Hall–Kier alpha value is -1.23. The number of methoxy groups -OCH3 is 1. The number of halogens is 1. The minimum absolute atomic E-state index is 0.245. The molecule has 0 saturated carbocycles. The number of aryl methyl sites for hydroxylation is 1. The van der Waals surface area contributed by atoms with Gasteiger partial charge in [-0.3, -0.25) is 4.90 Å². The van der Waals surface area contributed by atoms with Crippen LogP contribution in [-0.4, -0.2) is 29.5 Å². The van der Waals surface area contributed by atoms with E-state index in [1.807, 2.05) is 11.3 Å². The fraction of sp³-hybridized carbons (Fsp3) is 0.500. The van der Waals surface area contributed by atoms with Crippen LogP contribution in [0.2, 0.25) is 0 Å². The molecule has 2 aromatic rings. The summed E-state index contributed by atoms with van der Waals surface area (Å²) in [4.78, 5) is 5.62. The van der Waals surface area contributed by atoms with Crippen LogP contribution in [0.3, 0.4) is 0 Å². The molecule has 134 valence electrons. The molecule has 1 N–H and O–H groups in total. The number of ether oxygens (including phenoxy) is 1. The van der Waals surface area contributed by atoms with Crippen LogP contribution in [0.25, 0.3) is 0 Å². The number of fused-ring (bicyclic) bond motifs is 4. The lowest BCUT2D eigenvalue weighted by molar-refractivity contribution is 0.159. The van der Waals surface area contributed by atoms with Crippen LogP contribution in [0.15, 0.2) is 18.2 Å². The van der Waals surface area contributed by atoms with E-state index in [4.69, 9.17) is 16.3 Å². The summed E-state index contributed by atoms with van der Waals surface area (Å²) in [7, 11) is 1.64. The lowest BCUT2D eigenvalue weighted by Crippen LogP contribution is -2.38. The van der Waals surface area contributed by atoms with Crippen molar-refractivity contribution in [2.24, 2.45) is 0 Å². The first-order valence-corrected chi connectivity index (χ1v) is 10.4. The van der Waals surface area contributed by atoms with Gasteiger partial charge in [0.05, 0.1) is 7.11 Å². The van der Waals surface area contributed by atoms with Gasteiger partial charge in [0.15, 0.2) is 11.5 Å². The normalized spacial score (nSPS) is 19.2. The summed E-state index contributed by atoms with van der Waals surface area (Å²) in [5.74, 6) is 1.65. The Balaban J connectivity index is 1.61. The molecule has 1 aromatic heterocycles. The minimum atomic E-state index is 0.245. The molecule has 4 rings (SSSR count). The zero-order valence-corrected chi connectivity index (χ0v) is 16.1. The minimum Gasteiger partial charge on any atom is -0.504 e. The number of nitrogens with zero attached hydrogens (tertiary/aromatic N) is 1. The average Bonchev–Trinajstić information content (AvgIpc) is 3.04. The maximum Gasteiger partial charge on any atom is 0.165 e. The summed E-state index contributed by atoms with van der Waals surface area (Å²) in [5, 5.41) is 10.1. The van der Waals surface area contributed by atoms with E-state index < -0.39 is 0 Å². The number of alkyl halides is 1. The highest BCUT2D eigenvalue weighted by molar-refractivity contribution is 7.12. The summed E-state index contributed by atoms with van der Waals surface area (Å²) in [6.07, 6.45) is 5.54. The zero-order chi connectivity index (χ0) is 17.4. The molecule has 0 unspecified atom stereocenters. The quantitative estimate of drug-likeness (QED) is 0.606. The standard InChI is InChI=1S/C20H24ClNO2S/c1-24-20-16-12-22-9-7-19-15(11-14(25-19)4-2-3-8-21)17(22)10-13(16)5-6-18(20)23/h5-6,11,17,23H,2-4,7-10,12H2,1H3/t17-/m0/s1. The highest BCUT2D eigenvalue weighted by Gasteiger charge is 2.34. The molecule has 0 spiro atoms. The van der Waals surface area contributed by atoms with Gasteiger partial charge in [-0.25, -0.2) is 0 Å². The summed E-state index contributed by atoms with van der Waals surface area (Å²) >= 11 is 7.81. The molecule has 3 nitrogen and oxygen atoms in total. The van der Waals surface area contributed by atoms with Crippen molar-refractivity contribution in [2.75, 3.05) is 19.5 Å². The Morgan fingerprint density at radius 3 is 3.04 bits per heavy atom. The Bertz CT molecular complexity index is 773. The third-order valence-electron chi connectivity index (χ3n) is 5.44. The number of thiophene rings is 1. The number of benzene rings is 1. The topological polar surface area (TPSA) is 32.7 Å². The van der Waals surface area contributed by atoms with Crippen LogP contribution in [0, 0.1) is 0 Å². The molecule has 2 aliphatic heterocycles. The molecule has 1 aromatic carbocycles. The lowest BCUT2D eigenvalue weighted by Gasteiger charge is -2.40. The molecule has 25 heavy (non-hydrogen) atoms. The molecule has 0 amide bonds. The van der Waals surface area contributed by atoms with E-state index in [0.29, 0.717) is 11.8 Å². The first kappa shape index (κ1) is 17.2. The highest BCUT2D eigenvalue weighted by Crippen LogP contribution is 2.45. The van der Waals surface area contributed by atoms with Crippen molar-refractivity contribution in [3.05, 3.63) is 44.6 Å². The number of phenolic OH excluding ortho intramolecular Hbond substituents is 1. The first-order chi connectivity index (χ1) is 12.2. The number of hydrogen-bond acceptors (Lipinski definition) is 4. The van der Waals surface area contributed by atoms with E-state index in [0.717, 1.165) is 50.2 Å². The Morgan fingerprint density at radius 1 is 1.36 bits per heavy atom. The Labute approximate surface area is 158 Å². The van der Waals surface area contributed by atoms with Gasteiger partial charge in [0.2, 0.25) is 0 Å². The molecular formula is C20H24ClNO2S. The molecule has 3 heterocycles. The Kier molecular flexibility index (Phi) is 4.94. The van der Waals surface area contributed by atoms with E-state index >= 15 is 0 Å². The molecular weight excluding hydrogens is 354 g/mol. The maximum atomic E-state index is 10.1. The van der Waals surface area contributed by atoms with Crippen LogP contribution in [0.5, 0.6) is 11.5 Å². The summed E-state index contributed by atoms with van der Waals surface area (Å²) < 4.78 is 5.47. The summed E-state index contributed by atoms with van der Waals surface area (Å²) in [6, 6.07) is 6.73. The zero-order valence-electron chi connectivity index (χ0n) is 14.6. The van der Waals surface area contributed by atoms with Crippen LogP contribution >= 0.6 is 22.9 Å². The third-order valence-corrected chi connectivity index (χ3v) is 6.98. The van der Waals surface area contributed by atoms with Crippen LogP contribution < -0.4 is 4.74 Å². The molecule has 0 radical (unpaired) electrons. The summed E-state index contributed by atoms with van der Waals surface area (Å²) in [5.41, 5.74) is 3.98. The van der Waals surface area contributed by atoms with Crippen molar-refractivity contribution in [1.82, 2.24) is 4.90 Å². The van der Waals surface area contributed by atoms with Gasteiger partial charge in [0, 0.05) is 40.3 Å². The number of rotatable bonds is 5. The molecule has 0 bridgehead atoms. The van der Waals surface area contributed by atoms with Crippen LogP contribution in [0.4, 0.5) is 0 Å². The van der Waals surface area contributed by atoms with Gasteiger partial charge < -0.3 is 9.84 Å². The van der Waals surface area contributed by atoms with Gasteiger partial charge in [-0.15, -0.1) is 22.9 Å². The number of phenols is 1. The van der Waals surface area contributed by atoms with Crippen molar-refractivity contribution >= 4 is 22.9 Å². The van der Waals surface area contributed by atoms with Gasteiger partial charge in [-0.05, 0) is 55.4 Å². The SMILES string of the molecule is COc1c(O)ccc2c1CN1CCc3sc(CCCCCl)cc3[C@@H]1C2. The van der Waals surface area contributed by atoms with E-state index in [-0.39, 0.29) is 5.75 Å². The predicted molar refractivity (Wildman–Crippen MR) is 103 cm³/mol. The van der Waals surface area contributed by atoms with E-state index in [1.165, 1.54) is 22.4 Å². The smallest absolute Gasteiger partial charge is 0.165 e. The van der Waals surface area contributed by atoms with E-state index in [2.05, 4.69) is 17.0 Å². The van der Waals surface area contributed by atoms with Gasteiger partial charge in [-0.1, -0.05) is 6.07 Å². The van der Waals surface area contributed by atoms with Gasteiger partial charge >= 0.3 is 0 Å². The second kappa shape index (κ2) is 7.18. The van der Waals surface area contributed by atoms with Crippen molar-refractivity contribution in [3.8, 4) is 11.5 Å². The molecule has 1 atom stereocenters. The third kappa shape index (κ3) is 3.16. The van der Waals surface area contributed by atoms with Crippen LogP contribution in [0.1, 0.15) is 45.3 Å². The molecule has 2 aliphatic rings. The van der Waals surface area contributed by atoms with Crippen LogP contribution in [-0.2, 0) is 25.8 Å². The van der Waals surface area contributed by atoms with Gasteiger partial charge in [0.1, 0.15) is 0 Å². The number of aromatic hydroxyl groups is 1. The monoisotopic (exact) mass is 377 g/mol. The molecule has 0 fully saturated rings. The molecule has 0 saturated heterocycles. The highest BCUT2D eigenvalue weighted by atomic mass is 35.5. The number of unbranched alkanes of at least 4 members (excludes halogenated alkanes) is 1. The van der Waals surface area contributed by atoms with E-state index in [9.17, 15) is 5.11 Å². The fourth-order valence-electron chi connectivity index (χ4n) is 4.18. The van der Waals surface area contributed by atoms with E-state index in [1.54, 1.807) is 18.1 Å². The molecule has 5 heteroatoms. The van der Waals surface area contributed by atoms with Crippen molar-refractivity contribution in [3.63, 3.8) is 0 Å². The molecule has 0 aliphatic carbocycles. The van der Waals surface area contributed by atoms with Gasteiger partial charge in [-0.2, -0.15) is 0 Å². The predicted octanol–water partition coefficient (Wildman–Crippen LogP) is 4.68. The van der Waals surface area contributed by atoms with Crippen molar-refractivity contribution in [1.29, 1.82) is 0 Å². The average molecular weight is 378 g/mol. The maximum absolute atomic E-state index is 10.1. The summed E-state index contributed by atoms with van der Waals surface area (Å²) in [6.45, 7) is 1.94. The first-order valence-electron chi connectivity index (χ1n) is 9.00. The lowest BCUT2D eigenvalue weighted by atomic mass is 9.86. The number of hydrogen-bond donors (Lipinski definition) is 1. The van der Waals surface area contributed by atoms with Gasteiger partial charge in [0.25, 0.3) is 0 Å². The Morgan fingerprint density at radius 2 is 2.24 bits per heavy atom. The van der Waals surface area contributed by atoms with Crippen molar-refractivity contribution < 1.29 is 9.84 Å².